The van der Waals surface area contributed by atoms with Crippen LogP contribution in [0.1, 0.15) is 0 Å². The first-order valence-corrected chi connectivity index (χ1v) is 22.6. The van der Waals surface area contributed by atoms with Crippen molar-refractivity contribution in [3.8, 4) is 0 Å². The van der Waals surface area contributed by atoms with Gasteiger partial charge >= 0.3 is 0 Å². The van der Waals surface area contributed by atoms with Crippen LogP contribution < -0.4 is 41.5 Å². The molecule has 0 N–H and O–H groups in total. The van der Waals surface area contributed by atoms with Crippen molar-refractivity contribution in [3.63, 3.8) is 0 Å². The van der Waals surface area contributed by atoms with E-state index in [0.717, 1.165) is 0 Å². The van der Waals surface area contributed by atoms with Crippen LogP contribution in [0, 0.1) is 0 Å². The lowest BCUT2D eigenvalue weighted by Crippen LogP contribution is -2.93. The Kier molecular flexibility index (Phi) is 6.93. The normalized spacial score (nSPS) is 14.2. The molecule has 0 atom stereocenters. The number of pyridine rings is 2. The fourth-order valence-electron chi connectivity index (χ4n) is 9.60. The van der Waals surface area contributed by atoms with E-state index in [4.69, 9.17) is 9.97 Å². The summed E-state index contributed by atoms with van der Waals surface area (Å²) in [7, 11) is -6.08. The largest absolute Gasteiger partial charge is 0.265 e. The number of aromatic nitrogens is 2. The van der Waals surface area contributed by atoms with Crippen molar-refractivity contribution in [2.24, 2.45) is 0 Å². The number of benzene rings is 8. The van der Waals surface area contributed by atoms with Crippen molar-refractivity contribution in [3.05, 3.63) is 207 Å². The Labute approximate surface area is 316 Å². The smallest absolute Gasteiger partial charge is 0.182 e. The van der Waals surface area contributed by atoms with Crippen LogP contribution >= 0.6 is 0 Å². The molecule has 0 unspecified atom stereocenters. The highest BCUT2D eigenvalue weighted by Gasteiger charge is 2.57. The van der Waals surface area contributed by atoms with E-state index >= 15 is 0 Å². The number of nitrogens with zero attached hydrogens (tertiary/aromatic N) is 2. The van der Waals surface area contributed by atoms with Crippen LogP contribution in [0.15, 0.2) is 207 Å². The summed E-state index contributed by atoms with van der Waals surface area (Å²) >= 11 is 0. The van der Waals surface area contributed by atoms with Crippen molar-refractivity contribution >= 4 is 101 Å². The Morgan fingerprint density at radius 2 is 0.537 bits per heavy atom. The molecule has 54 heavy (non-hydrogen) atoms. The fraction of sp³-hybridized carbons (Fsp3) is 0. The van der Waals surface area contributed by atoms with E-state index in [9.17, 15) is 0 Å². The van der Waals surface area contributed by atoms with Crippen LogP contribution in [0.2, 0.25) is 0 Å². The summed E-state index contributed by atoms with van der Waals surface area (Å²) in [4.78, 5) is 10.1. The molecule has 0 spiro atoms. The number of hydrogen-bond donors (Lipinski definition) is 0. The summed E-state index contributed by atoms with van der Waals surface area (Å²) in [6, 6.07) is 68.6. The van der Waals surface area contributed by atoms with Gasteiger partial charge in [0.05, 0.1) is 0 Å². The molecule has 0 bridgehead atoms. The summed E-state index contributed by atoms with van der Waals surface area (Å²) in [6.07, 6.45) is 8.53. The van der Waals surface area contributed by atoms with Gasteiger partial charge in [0.15, 0.2) is 16.1 Å². The molecular weight excluding hydrogens is 685 g/mol. The monoisotopic (exact) mass is 718 g/mol. The molecule has 2 aromatic heterocycles. The third-order valence-corrected chi connectivity index (χ3v) is 22.1. The van der Waals surface area contributed by atoms with Crippen LogP contribution in [-0.4, -0.2) is 26.1 Å². The molecule has 8 aromatic carbocycles. The maximum Gasteiger partial charge on any atom is 0.182 e. The van der Waals surface area contributed by atoms with Gasteiger partial charge in [-0.25, -0.2) is 0 Å². The summed E-state index contributed by atoms with van der Waals surface area (Å²) < 4.78 is 0. The SMILES string of the molecule is c1ccc2cc([Si]3(c4ccc5ccccc5c4)c4ccncc4[Si](c4ccc5ccccc5c4)(c4ccc5ccccc5c4)c4cnccc43)ccc2c1. The van der Waals surface area contributed by atoms with Gasteiger partial charge in [0, 0.05) is 24.8 Å². The Bertz CT molecular complexity index is 2680. The first kappa shape index (κ1) is 31.1. The average molecular weight is 719 g/mol. The maximum absolute atomic E-state index is 5.03. The Hall–Kier alpha value is -6.47. The molecule has 11 rings (SSSR count). The molecule has 0 saturated heterocycles. The Balaban J connectivity index is 1.34. The first-order valence-electron chi connectivity index (χ1n) is 18.6. The second-order valence-electron chi connectivity index (χ2n) is 14.6. The van der Waals surface area contributed by atoms with E-state index < -0.39 is 16.1 Å². The lowest BCUT2D eigenvalue weighted by atomic mass is 10.1. The molecule has 0 amide bonds. The average Bonchev–Trinajstić information content (AvgIpc) is 3.25. The standard InChI is InChI=1S/C50H34N2Si2/c1-5-13-39-29-43(21-17-35(39)9-1)53(44-22-18-36-10-2-6-14-40(36)30-44)47-25-27-51-33-49(47)54(50-34-52-28-26-48(50)53,45-23-19-37-11-3-7-15-41(37)31-45)46-24-20-38-12-4-8-16-42(38)32-46/h1-34H. The summed E-state index contributed by atoms with van der Waals surface area (Å²) in [5, 5.41) is 21.0. The molecule has 0 radical (unpaired) electrons. The van der Waals surface area contributed by atoms with E-state index in [1.807, 2.05) is 12.4 Å². The summed E-state index contributed by atoms with van der Waals surface area (Å²) in [5.41, 5.74) is 0. The lowest BCUT2D eigenvalue weighted by Gasteiger charge is -2.48. The number of fused-ring (bicyclic) bond motifs is 6. The van der Waals surface area contributed by atoms with Gasteiger partial charge in [0.1, 0.15) is 0 Å². The summed E-state index contributed by atoms with van der Waals surface area (Å²) in [6.45, 7) is 0. The van der Waals surface area contributed by atoms with E-state index in [0.29, 0.717) is 0 Å². The van der Waals surface area contributed by atoms with Gasteiger partial charge in [0.2, 0.25) is 0 Å². The van der Waals surface area contributed by atoms with E-state index in [2.05, 4.69) is 194 Å². The molecule has 0 saturated carbocycles. The van der Waals surface area contributed by atoms with E-state index in [-0.39, 0.29) is 0 Å². The lowest BCUT2D eigenvalue weighted by molar-refractivity contribution is 1.34. The maximum atomic E-state index is 5.03. The Morgan fingerprint density at radius 3 is 0.852 bits per heavy atom. The van der Waals surface area contributed by atoms with Crippen LogP contribution in [0.25, 0.3) is 43.1 Å². The molecular formula is C50H34N2Si2. The van der Waals surface area contributed by atoms with Crippen molar-refractivity contribution in [2.45, 2.75) is 0 Å². The highest BCUT2D eigenvalue weighted by atomic mass is 28.3. The number of rotatable bonds is 4. The predicted molar refractivity (Wildman–Crippen MR) is 233 cm³/mol. The van der Waals surface area contributed by atoms with Crippen molar-refractivity contribution in [2.75, 3.05) is 0 Å². The van der Waals surface area contributed by atoms with Crippen molar-refractivity contribution in [1.29, 1.82) is 0 Å². The molecule has 4 heteroatoms. The zero-order valence-electron chi connectivity index (χ0n) is 29.5. The topological polar surface area (TPSA) is 25.8 Å². The van der Waals surface area contributed by atoms with Crippen LogP contribution in [0.4, 0.5) is 0 Å². The predicted octanol–water partition coefficient (Wildman–Crippen LogP) is 6.16. The third kappa shape index (κ3) is 4.38. The second-order valence-corrected chi connectivity index (χ2v) is 22.1. The minimum absolute atomic E-state index is 1.24. The molecule has 252 valence electrons. The molecule has 3 heterocycles. The summed E-state index contributed by atoms with van der Waals surface area (Å²) in [5.74, 6) is 0. The van der Waals surface area contributed by atoms with Crippen molar-refractivity contribution < 1.29 is 0 Å². The molecule has 0 fully saturated rings. The minimum atomic E-state index is -3.06. The van der Waals surface area contributed by atoms with Gasteiger partial charge in [-0.2, -0.15) is 0 Å². The van der Waals surface area contributed by atoms with Gasteiger partial charge in [-0.3, -0.25) is 9.97 Å². The second kappa shape index (κ2) is 12.0. The number of hydrogen-bond acceptors (Lipinski definition) is 2. The Morgan fingerprint density at radius 1 is 0.259 bits per heavy atom. The first-order chi connectivity index (χ1) is 26.7. The van der Waals surface area contributed by atoms with Gasteiger partial charge in [-0.1, -0.05) is 170 Å². The van der Waals surface area contributed by atoms with E-state index in [1.165, 1.54) is 84.6 Å². The van der Waals surface area contributed by atoms with Gasteiger partial charge in [0.25, 0.3) is 0 Å². The fourth-order valence-corrected chi connectivity index (χ4v) is 21.5. The van der Waals surface area contributed by atoms with Gasteiger partial charge < -0.3 is 0 Å². The molecule has 2 nitrogen and oxygen atoms in total. The van der Waals surface area contributed by atoms with Crippen LogP contribution in [0.3, 0.4) is 0 Å². The van der Waals surface area contributed by atoms with Crippen molar-refractivity contribution in [1.82, 2.24) is 9.97 Å². The zero-order valence-corrected chi connectivity index (χ0v) is 31.5. The zero-order chi connectivity index (χ0) is 35.7. The van der Waals surface area contributed by atoms with Crippen LogP contribution in [0.5, 0.6) is 0 Å². The van der Waals surface area contributed by atoms with E-state index in [1.54, 1.807) is 0 Å². The highest BCUT2D eigenvalue weighted by Crippen LogP contribution is 2.24. The molecule has 1 aliphatic heterocycles. The molecule has 0 aliphatic carbocycles. The highest BCUT2D eigenvalue weighted by molar-refractivity contribution is 7.33. The third-order valence-electron chi connectivity index (χ3n) is 12.0. The quantitative estimate of drug-likeness (QED) is 0.204. The minimum Gasteiger partial charge on any atom is -0.265 e. The molecule has 10 aromatic rings. The molecule has 1 aliphatic rings. The van der Waals surface area contributed by atoms with Crippen LogP contribution in [-0.2, 0) is 0 Å². The van der Waals surface area contributed by atoms with Gasteiger partial charge in [-0.15, -0.1) is 0 Å². The van der Waals surface area contributed by atoms with Gasteiger partial charge in [-0.05, 0) is 96.7 Å².